The molecule has 13 nitrogen and oxygen atoms in total. The second kappa shape index (κ2) is 26.2. The number of hydrogen-bond acceptors (Lipinski definition) is 12. The summed E-state index contributed by atoms with van der Waals surface area (Å²) in [7, 11) is -3.02. The lowest BCUT2D eigenvalue weighted by molar-refractivity contribution is -0.158. The van der Waals surface area contributed by atoms with Gasteiger partial charge in [-0.15, -0.1) is 0 Å². The van der Waals surface area contributed by atoms with Crippen molar-refractivity contribution in [3.63, 3.8) is 0 Å². The molecule has 0 bridgehead atoms. The molecule has 2 aromatic rings. The molecule has 0 spiro atoms. The second-order valence-corrected chi connectivity index (χ2v) is 18.7. The van der Waals surface area contributed by atoms with Crippen LogP contribution >= 0.6 is 19.4 Å². The molecular formula is C44H69ClNO12P. The number of amides is 1. The van der Waals surface area contributed by atoms with Gasteiger partial charge < -0.3 is 33.5 Å². The van der Waals surface area contributed by atoms with Crippen LogP contribution in [0.5, 0.6) is 5.75 Å². The summed E-state index contributed by atoms with van der Waals surface area (Å²) in [6.07, 6.45) is 8.28. The number of rotatable bonds is 27. The minimum Gasteiger partial charge on any atom is -0.461 e. The minimum absolute atomic E-state index is 0.0218. The maximum Gasteiger partial charge on any atom is 0.530 e. The quantitative estimate of drug-likeness (QED) is 0.0393. The molecule has 3 unspecified atom stereocenters. The van der Waals surface area contributed by atoms with Gasteiger partial charge >= 0.3 is 25.9 Å². The zero-order valence-corrected chi connectivity index (χ0v) is 38.6. The highest BCUT2D eigenvalue weighted by Gasteiger charge is 2.36. The van der Waals surface area contributed by atoms with Crippen LogP contribution in [0.4, 0.5) is 4.79 Å². The fraction of sp³-hybridized carbons (Fsp3) is 0.659. The minimum atomic E-state index is -4.50. The highest BCUT2D eigenvalue weighted by atomic mass is 35.5. The number of hydrogen-bond donors (Lipinski definition) is 1. The number of benzene rings is 2. The third-order valence-corrected chi connectivity index (χ3v) is 10.4. The number of carbonyl (C=O) groups excluding carboxylic acids is 3. The third kappa shape index (κ3) is 22.8. The van der Waals surface area contributed by atoms with Crippen molar-refractivity contribution in [3.8, 4) is 5.75 Å². The monoisotopic (exact) mass is 869 g/mol. The standard InChI is InChI=1S/C44H69ClNO12P/c1-32-26-33(2)36(34(3)27-32)30-53-40(47)24-18-16-14-12-11-13-15-17-21-25-52-28-35(51-10)29-54-59(50,58-39-23-20-19-22-37(39)45)55-31-38(41(48)56-43(4,5)6)46-42(49)57-44(7,8)9/h19-20,22-23,26-27,35,38H,11-18,21,24-25,28-31H2,1-10H3,(H,46,49). The Labute approximate surface area is 357 Å². The van der Waals surface area contributed by atoms with Crippen LogP contribution in [0.3, 0.4) is 0 Å². The maximum atomic E-state index is 14.0. The maximum absolute atomic E-state index is 14.0. The van der Waals surface area contributed by atoms with Gasteiger partial charge in [0.05, 0.1) is 24.8 Å². The molecule has 0 saturated heterocycles. The number of methoxy groups -OCH3 is 1. The van der Waals surface area contributed by atoms with E-state index in [-0.39, 0.29) is 30.0 Å². The zero-order valence-electron chi connectivity index (χ0n) is 36.9. The van der Waals surface area contributed by atoms with Crippen molar-refractivity contribution in [2.24, 2.45) is 0 Å². The number of carbonyl (C=O) groups is 3. The van der Waals surface area contributed by atoms with Crippen LogP contribution in [0.15, 0.2) is 36.4 Å². The molecule has 1 amide bonds. The van der Waals surface area contributed by atoms with Crippen LogP contribution in [0, 0.1) is 20.8 Å². The molecule has 3 atom stereocenters. The molecule has 0 fully saturated rings. The number of para-hydroxylation sites is 1. The van der Waals surface area contributed by atoms with Crippen LogP contribution in [0.2, 0.25) is 5.02 Å². The molecule has 334 valence electrons. The van der Waals surface area contributed by atoms with E-state index in [4.69, 9.17) is 48.9 Å². The molecule has 2 rings (SSSR count). The zero-order chi connectivity index (χ0) is 44.1. The van der Waals surface area contributed by atoms with E-state index < -0.39 is 49.8 Å². The molecule has 0 aliphatic heterocycles. The van der Waals surface area contributed by atoms with Gasteiger partial charge in [0, 0.05) is 20.1 Å². The van der Waals surface area contributed by atoms with Crippen LogP contribution in [0.25, 0.3) is 0 Å². The highest BCUT2D eigenvalue weighted by Crippen LogP contribution is 2.51. The van der Waals surface area contributed by atoms with Gasteiger partial charge in [-0.25, -0.2) is 14.2 Å². The number of phosphoric acid groups is 1. The lowest BCUT2D eigenvalue weighted by Crippen LogP contribution is -2.48. The van der Waals surface area contributed by atoms with Crippen LogP contribution < -0.4 is 9.84 Å². The van der Waals surface area contributed by atoms with Gasteiger partial charge in [-0.2, -0.15) is 0 Å². The van der Waals surface area contributed by atoms with Crippen molar-refractivity contribution in [1.82, 2.24) is 5.32 Å². The molecule has 59 heavy (non-hydrogen) atoms. The van der Waals surface area contributed by atoms with Gasteiger partial charge in [0.15, 0.2) is 6.04 Å². The van der Waals surface area contributed by atoms with Gasteiger partial charge in [-0.1, -0.05) is 86.4 Å². The Balaban J connectivity index is 1.74. The fourth-order valence-corrected chi connectivity index (χ4v) is 7.32. The van der Waals surface area contributed by atoms with Crippen molar-refractivity contribution >= 4 is 37.5 Å². The number of nitrogens with one attached hydrogen (secondary N) is 1. The molecule has 15 heteroatoms. The topological polar surface area (TPSA) is 154 Å². The number of ether oxygens (including phenoxy) is 5. The summed E-state index contributed by atoms with van der Waals surface area (Å²) in [5.41, 5.74) is 2.88. The fourth-order valence-electron chi connectivity index (χ4n) is 5.83. The van der Waals surface area contributed by atoms with Gasteiger partial charge in [0.1, 0.15) is 29.7 Å². The molecule has 0 aliphatic rings. The average molecular weight is 870 g/mol. The largest absolute Gasteiger partial charge is 0.530 e. The SMILES string of the molecule is COC(COCCCCCCCCCCCC(=O)OCc1c(C)cc(C)cc1C)COP(=O)(OCC(NC(=O)OC(C)(C)C)C(=O)OC(C)(C)C)Oc1ccccc1Cl. The summed E-state index contributed by atoms with van der Waals surface area (Å²) in [5, 5.41) is 2.57. The van der Waals surface area contributed by atoms with E-state index in [0.29, 0.717) is 19.6 Å². The number of esters is 2. The van der Waals surface area contributed by atoms with E-state index in [1.807, 2.05) is 0 Å². The van der Waals surface area contributed by atoms with Crippen molar-refractivity contribution in [1.29, 1.82) is 0 Å². The summed E-state index contributed by atoms with van der Waals surface area (Å²) in [5.74, 6) is -0.959. The van der Waals surface area contributed by atoms with Crippen molar-refractivity contribution in [2.45, 2.75) is 156 Å². The normalized spacial score (nSPS) is 13.9. The molecule has 0 saturated carbocycles. The van der Waals surface area contributed by atoms with E-state index >= 15 is 0 Å². The molecule has 1 N–H and O–H groups in total. The van der Waals surface area contributed by atoms with Crippen LogP contribution in [0.1, 0.15) is 128 Å². The Kier molecular flexibility index (Phi) is 23.1. The molecule has 0 aromatic heterocycles. The van der Waals surface area contributed by atoms with Crippen LogP contribution in [-0.2, 0) is 53.5 Å². The van der Waals surface area contributed by atoms with E-state index in [1.165, 1.54) is 18.7 Å². The number of alkyl carbamates (subject to hydrolysis) is 1. The first-order valence-electron chi connectivity index (χ1n) is 20.6. The van der Waals surface area contributed by atoms with Gasteiger partial charge in [0.2, 0.25) is 0 Å². The molecule has 0 radical (unpaired) electrons. The summed E-state index contributed by atoms with van der Waals surface area (Å²) in [6.45, 7) is 16.3. The summed E-state index contributed by atoms with van der Waals surface area (Å²) < 4.78 is 58.7. The van der Waals surface area contributed by atoms with E-state index in [1.54, 1.807) is 59.7 Å². The first kappa shape index (κ1) is 51.9. The summed E-state index contributed by atoms with van der Waals surface area (Å²) in [6, 6.07) is 9.14. The highest BCUT2D eigenvalue weighted by molar-refractivity contribution is 7.49. The van der Waals surface area contributed by atoms with Crippen molar-refractivity contribution in [2.75, 3.05) is 33.5 Å². The van der Waals surface area contributed by atoms with Crippen LogP contribution in [-0.4, -0.2) is 74.9 Å². The van der Waals surface area contributed by atoms with Gasteiger partial charge in [-0.3, -0.25) is 13.8 Å². The van der Waals surface area contributed by atoms with E-state index in [0.717, 1.165) is 74.5 Å². The Morgan fingerprint density at radius 1 is 0.763 bits per heavy atom. The van der Waals surface area contributed by atoms with Crippen molar-refractivity contribution in [3.05, 3.63) is 63.7 Å². The Morgan fingerprint density at radius 3 is 1.90 bits per heavy atom. The Morgan fingerprint density at radius 2 is 1.32 bits per heavy atom. The summed E-state index contributed by atoms with van der Waals surface area (Å²) in [4.78, 5) is 37.9. The first-order valence-corrected chi connectivity index (χ1v) is 22.4. The molecule has 2 aromatic carbocycles. The molecule has 0 aliphatic carbocycles. The Bertz CT molecular complexity index is 1620. The van der Waals surface area contributed by atoms with E-state index in [9.17, 15) is 18.9 Å². The Hall–Kier alpha value is -3.19. The molecular weight excluding hydrogens is 801 g/mol. The van der Waals surface area contributed by atoms with Gasteiger partial charge in [-0.05, 0) is 104 Å². The predicted octanol–water partition coefficient (Wildman–Crippen LogP) is 10.7. The third-order valence-electron chi connectivity index (χ3n) is 8.77. The predicted molar refractivity (Wildman–Crippen MR) is 229 cm³/mol. The van der Waals surface area contributed by atoms with Crippen molar-refractivity contribution < 1.29 is 56.2 Å². The number of aryl methyl sites for hydroxylation is 3. The smallest absolute Gasteiger partial charge is 0.461 e. The molecule has 0 heterocycles. The lowest BCUT2D eigenvalue weighted by Gasteiger charge is -2.27. The summed E-state index contributed by atoms with van der Waals surface area (Å²) >= 11 is 6.28. The first-order chi connectivity index (χ1) is 27.7. The van der Waals surface area contributed by atoms with Gasteiger partial charge in [0.25, 0.3) is 0 Å². The van der Waals surface area contributed by atoms with E-state index in [2.05, 4.69) is 38.2 Å². The lowest BCUT2D eigenvalue weighted by atomic mass is 10.0. The number of halogens is 1. The number of unbranched alkanes of at least 4 members (excludes halogenated alkanes) is 8. The number of phosphoric ester groups is 1. The average Bonchev–Trinajstić information content (AvgIpc) is 3.12. The second-order valence-electron chi connectivity index (χ2n) is 16.7.